The highest BCUT2D eigenvalue weighted by Gasteiger charge is 2.31. The molecule has 7 nitrogen and oxygen atoms in total. The molecular weight excluding hydrogens is 349 g/mol. The van der Waals surface area contributed by atoms with E-state index < -0.39 is 5.82 Å². The van der Waals surface area contributed by atoms with E-state index >= 15 is 0 Å². The molecule has 1 unspecified atom stereocenters. The molecular formula is C19H20FN5O2. The van der Waals surface area contributed by atoms with E-state index in [1.165, 1.54) is 23.1 Å². The first kappa shape index (κ1) is 17.4. The fourth-order valence-electron chi connectivity index (χ4n) is 3.54. The molecule has 4 rings (SSSR count). The molecule has 1 aromatic heterocycles. The van der Waals surface area contributed by atoms with Gasteiger partial charge in [-0.2, -0.15) is 0 Å². The van der Waals surface area contributed by atoms with Crippen LogP contribution < -0.4 is 15.5 Å². The van der Waals surface area contributed by atoms with Crippen LogP contribution in [0.25, 0.3) is 0 Å². The Kier molecular flexibility index (Phi) is 4.72. The molecule has 1 atom stereocenters. The van der Waals surface area contributed by atoms with E-state index in [4.69, 9.17) is 0 Å². The Morgan fingerprint density at radius 1 is 1.22 bits per heavy atom. The summed E-state index contributed by atoms with van der Waals surface area (Å²) in [5.74, 6) is -0.976. The molecule has 0 bridgehead atoms. The lowest BCUT2D eigenvalue weighted by Crippen LogP contribution is -2.49. The maximum absolute atomic E-state index is 14.5. The van der Waals surface area contributed by atoms with Crippen LogP contribution in [-0.2, 0) is 0 Å². The third-order valence-corrected chi connectivity index (χ3v) is 4.92. The molecule has 0 spiro atoms. The lowest BCUT2D eigenvalue weighted by atomic mass is 10.0. The molecule has 0 radical (unpaired) electrons. The minimum absolute atomic E-state index is 0.0250. The normalized spacial score (nSPS) is 19.9. The van der Waals surface area contributed by atoms with Gasteiger partial charge in [-0.25, -0.2) is 9.18 Å². The average molecular weight is 369 g/mol. The zero-order valence-electron chi connectivity index (χ0n) is 14.7. The monoisotopic (exact) mass is 369 g/mol. The van der Waals surface area contributed by atoms with E-state index in [9.17, 15) is 14.0 Å². The van der Waals surface area contributed by atoms with E-state index in [0.717, 1.165) is 5.56 Å². The molecule has 2 aromatic rings. The summed E-state index contributed by atoms with van der Waals surface area (Å²) in [5.41, 5.74) is 1.39. The number of halogens is 1. The van der Waals surface area contributed by atoms with Crippen molar-refractivity contribution in [1.29, 1.82) is 0 Å². The Balaban J connectivity index is 1.65. The van der Waals surface area contributed by atoms with E-state index in [1.807, 2.05) is 12.1 Å². The van der Waals surface area contributed by atoms with Crippen molar-refractivity contribution in [2.75, 3.05) is 37.6 Å². The number of benzene rings is 1. The Morgan fingerprint density at radius 2 is 2.11 bits per heavy atom. The molecule has 2 N–H and O–H groups in total. The Labute approximate surface area is 156 Å². The fraction of sp³-hybridized carbons (Fsp3) is 0.316. The minimum Gasteiger partial charge on any atom is -0.336 e. The van der Waals surface area contributed by atoms with E-state index in [-0.39, 0.29) is 23.5 Å². The molecule has 3 heterocycles. The second kappa shape index (κ2) is 7.32. The minimum atomic E-state index is -0.591. The number of rotatable bonds is 3. The maximum atomic E-state index is 14.5. The van der Waals surface area contributed by atoms with Crippen LogP contribution in [0.4, 0.5) is 14.9 Å². The molecule has 2 aliphatic rings. The highest BCUT2D eigenvalue weighted by Crippen LogP contribution is 2.27. The number of carbonyl (C=O) groups excluding carboxylic acids is 2. The molecule has 0 saturated carbocycles. The number of aromatic nitrogens is 1. The van der Waals surface area contributed by atoms with Crippen LogP contribution in [0.2, 0.25) is 0 Å². The van der Waals surface area contributed by atoms with Gasteiger partial charge in [0.15, 0.2) is 0 Å². The number of urea groups is 1. The van der Waals surface area contributed by atoms with Crippen molar-refractivity contribution in [3.8, 4) is 0 Å². The first-order valence-corrected chi connectivity index (χ1v) is 8.91. The van der Waals surface area contributed by atoms with Gasteiger partial charge in [0.2, 0.25) is 0 Å². The van der Waals surface area contributed by atoms with Crippen molar-refractivity contribution in [2.24, 2.45) is 0 Å². The van der Waals surface area contributed by atoms with Crippen molar-refractivity contribution >= 4 is 17.6 Å². The number of amides is 3. The summed E-state index contributed by atoms with van der Waals surface area (Å²) in [6.07, 6.45) is 3.40. The topological polar surface area (TPSA) is 77.6 Å². The van der Waals surface area contributed by atoms with Crippen LogP contribution in [0.5, 0.6) is 0 Å². The maximum Gasteiger partial charge on any atom is 0.321 e. The molecule has 1 aromatic carbocycles. The lowest BCUT2D eigenvalue weighted by molar-refractivity contribution is 0.0629. The van der Waals surface area contributed by atoms with Gasteiger partial charge in [-0.3, -0.25) is 14.7 Å². The number of anilines is 1. The van der Waals surface area contributed by atoms with Crippen molar-refractivity contribution < 1.29 is 14.0 Å². The van der Waals surface area contributed by atoms with Crippen molar-refractivity contribution in [3.05, 3.63) is 59.7 Å². The Morgan fingerprint density at radius 3 is 2.85 bits per heavy atom. The van der Waals surface area contributed by atoms with Crippen LogP contribution in [0.3, 0.4) is 0 Å². The zero-order valence-corrected chi connectivity index (χ0v) is 14.7. The van der Waals surface area contributed by atoms with Gasteiger partial charge < -0.3 is 15.5 Å². The highest BCUT2D eigenvalue weighted by atomic mass is 19.1. The van der Waals surface area contributed by atoms with Gasteiger partial charge in [-0.05, 0) is 29.8 Å². The Bertz CT molecular complexity index is 860. The summed E-state index contributed by atoms with van der Waals surface area (Å²) in [5, 5.41) is 5.98. The lowest BCUT2D eigenvalue weighted by Gasteiger charge is -2.36. The molecule has 3 amide bonds. The van der Waals surface area contributed by atoms with Crippen molar-refractivity contribution in [1.82, 2.24) is 20.5 Å². The van der Waals surface area contributed by atoms with Gasteiger partial charge in [0.1, 0.15) is 5.82 Å². The summed E-state index contributed by atoms with van der Waals surface area (Å²) in [7, 11) is 0. The van der Waals surface area contributed by atoms with Gasteiger partial charge >= 0.3 is 6.03 Å². The smallest absolute Gasteiger partial charge is 0.321 e. The largest absolute Gasteiger partial charge is 0.336 e. The highest BCUT2D eigenvalue weighted by molar-refractivity contribution is 5.99. The van der Waals surface area contributed by atoms with Gasteiger partial charge in [0.05, 0.1) is 11.6 Å². The average Bonchev–Trinajstić information content (AvgIpc) is 3.14. The quantitative estimate of drug-likeness (QED) is 0.860. The van der Waals surface area contributed by atoms with Crippen LogP contribution in [0.15, 0.2) is 42.7 Å². The number of hydrogen-bond donors (Lipinski definition) is 2. The molecule has 140 valence electrons. The predicted molar refractivity (Wildman–Crippen MR) is 98.0 cm³/mol. The van der Waals surface area contributed by atoms with Crippen LogP contribution in [0, 0.1) is 5.82 Å². The van der Waals surface area contributed by atoms with Gasteiger partial charge in [-0.15, -0.1) is 0 Å². The fourth-order valence-corrected chi connectivity index (χ4v) is 3.54. The number of nitrogens with one attached hydrogen (secondary N) is 2. The number of carbonyl (C=O) groups is 2. The van der Waals surface area contributed by atoms with Crippen LogP contribution >= 0.6 is 0 Å². The summed E-state index contributed by atoms with van der Waals surface area (Å²) < 4.78 is 14.5. The summed E-state index contributed by atoms with van der Waals surface area (Å²) >= 11 is 0. The third kappa shape index (κ3) is 3.35. The summed E-state index contributed by atoms with van der Waals surface area (Å²) in [6.45, 7) is 2.70. The number of nitrogens with zero attached hydrogens (tertiary/aromatic N) is 3. The number of pyridine rings is 1. The van der Waals surface area contributed by atoms with E-state index in [0.29, 0.717) is 38.4 Å². The van der Waals surface area contributed by atoms with Gasteiger partial charge in [0, 0.05) is 50.8 Å². The molecule has 2 fully saturated rings. The first-order chi connectivity index (χ1) is 13.1. The summed E-state index contributed by atoms with van der Waals surface area (Å²) in [4.78, 5) is 32.4. The number of hydrogen-bond acceptors (Lipinski definition) is 4. The predicted octanol–water partition coefficient (Wildman–Crippen LogP) is 1.54. The first-order valence-electron chi connectivity index (χ1n) is 8.91. The molecule has 0 aliphatic carbocycles. The zero-order chi connectivity index (χ0) is 18.8. The molecule has 8 heteroatoms. The second-order valence-electron chi connectivity index (χ2n) is 6.55. The molecule has 27 heavy (non-hydrogen) atoms. The standard InChI is InChI=1S/C19H20FN5O2/c20-16-4-3-14(24-9-7-23-19(24)27)10-15(16)18(26)25-8-6-22-12-17(25)13-2-1-5-21-11-13/h1-5,10-11,17,22H,6-9,12H2,(H,23,27). The molecule has 2 saturated heterocycles. The number of piperazine rings is 1. The third-order valence-electron chi connectivity index (χ3n) is 4.92. The SMILES string of the molecule is O=C1NCCN1c1ccc(F)c(C(=O)N2CCNCC2c2cccnc2)c1. The second-order valence-corrected chi connectivity index (χ2v) is 6.55. The Hall–Kier alpha value is -3.00. The van der Waals surface area contributed by atoms with Gasteiger partial charge in [0.25, 0.3) is 5.91 Å². The van der Waals surface area contributed by atoms with Gasteiger partial charge in [-0.1, -0.05) is 6.07 Å². The molecule has 2 aliphatic heterocycles. The van der Waals surface area contributed by atoms with Crippen molar-refractivity contribution in [3.63, 3.8) is 0 Å². The van der Waals surface area contributed by atoms with Crippen LogP contribution in [0.1, 0.15) is 22.0 Å². The van der Waals surface area contributed by atoms with E-state index in [2.05, 4.69) is 15.6 Å². The van der Waals surface area contributed by atoms with Crippen molar-refractivity contribution in [2.45, 2.75) is 6.04 Å². The summed E-state index contributed by atoms with van der Waals surface area (Å²) in [6, 6.07) is 7.49. The van der Waals surface area contributed by atoms with Crippen LogP contribution in [-0.4, -0.2) is 54.5 Å². The van der Waals surface area contributed by atoms with E-state index in [1.54, 1.807) is 17.3 Å².